The highest BCUT2D eigenvalue weighted by Crippen LogP contribution is 2.36. The lowest BCUT2D eigenvalue weighted by Gasteiger charge is -2.28. The molecule has 41 heavy (non-hydrogen) atoms. The summed E-state index contributed by atoms with van der Waals surface area (Å²) in [4.78, 5) is 21.8. The SMILES string of the molecule is COC(=O)C1=C(COCc2cn(CCOCCOCCO)nn2)NC(c2ccncc2)=NC1c1ccc(F)cc1Cl. The van der Waals surface area contributed by atoms with Crippen LogP contribution in [0.3, 0.4) is 0 Å². The van der Waals surface area contributed by atoms with Gasteiger partial charge in [-0.15, -0.1) is 5.10 Å². The first-order chi connectivity index (χ1) is 20.0. The number of aliphatic imine (C=N–C) groups is 1. The van der Waals surface area contributed by atoms with E-state index in [-0.39, 0.29) is 37.0 Å². The summed E-state index contributed by atoms with van der Waals surface area (Å²) in [5.74, 6) is -0.687. The molecule has 1 atom stereocenters. The number of carbonyl (C=O) groups excluding carboxylic acids is 1. The molecule has 0 aliphatic carbocycles. The van der Waals surface area contributed by atoms with Gasteiger partial charge in [0.2, 0.25) is 0 Å². The fourth-order valence-electron chi connectivity index (χ4n) is 3.98. The molecule has 0 amide bonds. The molecule has 14 heteroatoms. The van der Waals surface area contributed by atoms with E-state index in [1.54, 1.807) is 35.4 Å². The second-order valence-electron chi connectivity index (χ2n) is 8.70. The summed E-state index contributed by atoms with van der Waals surface area (Å²) in [5.41, 5.74) is 2.32. The molecule has 1 aliphatic rings. The van der Waals surface area contributed by atoms with Gasteiger partial charge in [0.25, 0.3) is 0 Å². The highest BCUT2D eigenvalue weighted by molar-refractivity contribution is 6.31. The number of aromatic nitrogens is 4. The van der Waals surface area contributed by atoms with Crippen LogP contribution in [0.15, 0.2) is 65.2 Å². The molecule has 0 saturated heterocycles. The quantitative estimate of drug-likeness (QED) is 0.200. The maximum absolute atomic E-state index is 13.8. The van der Waals surface area contributed by atoms with E-state index in [2.05, 4.69) is 20.6 Å². The fraction of sp³-hybridized carbons (Fsp3) is 0.370. The van der Waals surface area contributed by atoms with Crippen LogP contribution in [-0.4, -0.2) is 83.6 Å². The van der Waals surface area contributed by atoms with E-state index in [0.29, 0.717) is 49.2 Å². The number of nitrogens with one attached hydrogen (secondary N) is 1. The third-order valence-electron chi connectivity index (χ3n) is 5.90. The van der Waals surface area contributed by atoms with Crippen molar-refractivity contribution < 1.29 is 33.2 Å². The average molecular weight is 589 g/mol. The number of amidine groups is 1. The third kappa shape index (κ3) is 8.38. The second-order valence-corrected chi connectivity index (χ2v) is 9.11. The van der Waals surface area contributed by atoms with Gasteiger partial charge in [-0.3, -0.25) is 9.98 Å². The number of carbonyl (C=O) groups is 1. The van der Waals surface area contributed by atoms with E-state index in [4.69, 9.17) is 40.6 Å². The Morgan fingerprint density at radius 3 is 2.61 bits per heavy atom. The Balaban J connectivity index is 1.47. The lowest BCUT2D eigenvalue weighted by molar-refractivity contribution is -0.136. The molecule has 3 heterocycles. The molecule has 0 spiro atoms. The molecular formula is C27H30ClFN6O6. The number of hydrogen-bond acceptors (Lipinski definition) is 11. The number of aliphatic hydroxyl groups excluding tert-OH is 1. The van der Waals surface area contributed by atoms with Crippen molar-refractivity contribution in [3.8, 4) is 0 Å². The van der Waals surface area contributed by atoms with Gasteiger partial charge in [-0.2, -0.15) is 0 Å². The molecule has 0 fully saturated rings. The normalized spacial score (nSPS) is 15.0. The first-order valence-corrected chi connectivity index (χ1v) is 13.1. The number of ether oxygens (including phenoxy) is 4. The Kier molecular flexibility index (Phi) is 11.3. The number of halogens is 2. The zero-order chi connectivity index (χ0) is 29.0. The Labute approximate surface area is 240 Å². The van der Waals surface area contributed by atoms with Crippen molar-refractivity contribution in [3.05, 3.63) is 87.9 Å². The molecule has 1 unspecified atom stereocenters. The Morgan fingerprint density at radius 1 is 1.10 bits per heavy atom. The first kappa shape index (κ1) is 30.2. The summed E-state index contributed by atoms with van der Waals surface area (Å²) in [6, 6.07) is 6.57. The summed E-state index contributed by atoms with van der Waals surface area (Å²) in [6.45, 7) is 2.05. The van der Waals surface area contributed by atoms with Crippen LogP contribution in [0.1, 0.15) is 22.9 Å². The second kappa shape index (κ2) is 15.3. The monoisotopic (exact) mass is 588 g/mol. The molecule has 0 saturated carbocycles. The van der Waals surface area contributed by atoms with Crippen LogP contribution in [0.2, 0.25) is 5.02 Å². The summed E-state index contributed by atoms with van der Waals surface area (Å²) >= 11 is 6.39. The summed E-state index contributed by atoms with van der Waals surface area (Å²) in [6.07, 6.45) is 4.98. The number of pyridine rings is 1. The zero-order valence-corrected chi connectivity index (χ0v) is 23.1. The molecule has 0 radical (unpaired) electrons. The first-order valence-electron chi connectivity index (χ1n) is 12.7. The van der Waals surface area contributed by atoms with Crippen LogP contribution in [0.25, 0.3) is 0 Å². The van der Waals surface area contributed by atoms with E-state index in [0.717, 1.165) is 5.56 Å². The highest BCUT2D eigenvalue weighted by Gasteiger charge is 2.33. The standard InChI is InChI=1S/C27H30ClFN6O6/c1-38-27(37)24-23(17-41-16-20-15-35(34-33-20)8-10-39-12-13-40-11-9-36)31-26(18-4-6-30-7-5-18)32-25(24)21-3-2-19(29)14-22(21)28/h2-7,14-15,25,36H,8-13,16-17H2,1H3,(H,31,32). The van der Waals surface area contributed by atoms with Crippen molar-refractivity contribution >= 4 is 23.4 Å². The number of nitrogens with zero attached hydrogens (tertiary/aromatic N) is 5. The van der Waals surface area contributed by atoms with Crippen LogP contribution in [0.5, 0.6) is 0 Å². The Morgan fingerprint density at radius 2 is 1.88 bits per heavy atom. The van der Waals surface area contributed by atoms with Gasteiger partial charge in [0.15, 0.2) is 0 Å². The van der Waals surface area contributed by atoms with Gasteiger partial charge in [0, 0.05) is 28.5 Å². The summed E-state index contributed by atoms with van der Waals surface area (Å²) in [5, 5.41) is 20.2. The fourth-order valence-corrected chi connectivity index (χ4v) is 4.25. The maximum Gasteiger partial charge on any atom is 0.338 e. The van der Waals surface area contributed by atoms with E-state index in [9.17, 15) is 9.18 Å². The molecule has 3 aromatic rings. The van der Waals surface area contributed by atoms with Crippen LogP contribution >= 0.6 is 11.6 Å². The predicted octanol–water partition coefficient (Wildman–Crippen LogP) is 2.23. The van der Waals surface area contributed by atoms with Gasteiger partial charge < -0.3 is 29.4 Å². The Bertz CT molecular complexity index is 1370. The summed E-state index contributed by atoms with van der Waals surface area (Å²) < 4.78 is 37.1. The summed E-state index contributed by atoms with van der Waals surface area (Å²) in [7, 11) is 1.27. The lowest BCUT2D eigenvalue weighted by atomic mass is 9.95. The number of esters is 1. The largest absolute Gasteiger partial charge is 0.466 e. The number of hydrogen-bond donors (Lipinski definition) is 2. The smallest absolute Gasteiger partial charge is 0.338 e. The maximum atomic E-state index is 13.8. The number of benzene rings is 1. The minimum absolute atomic E-state index is 0.0202. The van der Waals surface area contributed by atoms with Gasteiger partial charge in [-0.1, -0.05) is 22.9 Å². The van der Waals surface area contributed by atoms with Gasteiger partial charge >= 0.3 is 5.97 Å². The molecule has 0 bridgehead atoms. The van der Waals surface area contributed by atoms with Crippen LogP contribution in [0.4, 0.5) is 4.39 Å². The van der Waals surface area contributed by atoms with Crippen molar-refractivity contribution in [1.29, 1.82) is 0 Å². The number of rotatable bonds is 15. The van der Waals surface area contributed by atoms with E-state index in [1.807, 2.05) is 0 Å². The number of methoxy groups -OCH3 is 1. The molecular weight excluding hydrogens is 559 g/mol. The van der Waals surface area contributed by atoms with Crippen molar-refractivity contribution in [2.24, 2.45) is 4.99 Å². The van der Waals surface area contributed by atoms with Crippen molar-refractivity contribution in [3.63, 3.8) is 0 Å². The predicted molar refractivity (Wildman–Crippen MR) is 146 cm³/mol. The molecule has 2 aromatic heterocycles. The van der Waals surface area contributed by atoms with E-state index in [1.165, 1.54) is 25.3 Å². The molecule has 1 aliphatic heterocycles. The number of aliphatic hydroxyl groups is 1. The zero-order valence-electron chi connectivity index (χ0n) is 22.3. The lowest BCUT2D eigenvalue weighted by Crippen LogP contribution is -2.35. The Hall–Kier alpha value is -3.75. The van der Waals surface area contributed by atoms with E-state index < -0.39 is 17.8 Å². The van der Waals surface area contributed by atoms with Gasteiger partial charge in [0.1, 0.15) is 23.4 Å². The minimum atomic E-state index is -0.881. The minimum Gasteiger partial charge on any atom is -0.466 e. The third-order valence-corrected chi connectivity index (χ3v) is 6.22. The van der Waals surface area contributed by atoms with Crippen LogP contribution in [-0.2, 0) is 36.9 Å². The van der Waals surface area contributed by atoms with Crippen LogP contribution in [0, 0.1) is 5.82 Å². The van der Waals surface area contributed by atoms with Crippen molar-refractivity contribution in [2.75, 3.05) is 46.8 Å². The average Bonchev–Trinajstić information content (AvgIpc) is 3.44. The van der Waals surface area contributed by atoms with Crippen molar-refractivity contribution in [2.45, 2.75) is 19.2 Å². The molecule has 1 aromatic carbocycles. The van der Waals surface area contributed by atoms with Gasteiger partial charge in [-0.25, -0.2) is 13.9 Å². The molecule has 218 valence electrons. The van der Waals surface area contributed by atoms with Crippen LogP contribution < -0.4 is 5.32 Å². The van der Waals surface area contributed by atoms with Gasteiger partial charge in [0.05, 0.1) is 77.4 Å². The van der Waals surface area contributed by atoms with Gasteiger partial charge in [-0.05, 0) is 24.3 Å². The van der Waals surface area contributed by atoms with Crippen molar-refractivity contribution in [1.82, 2.24) is 25.3 Å². The topological polar surface area (TPSA) is 142 Å². The molecule has 12 nitrogen and oxygen atoms in total. The highest BCUT2D eigenvalue weighted by atomic mass is 35.5. The molecule has 2 N–H and O–H groups in total. The molecule has 4 rings (SSSR count). The van der Waals surface area contributed by atoms with E-state index >= 15 is 0 Å².